The monoisotopic (exact) mass is 490 g/mol. The van der Waals surface area contributed by atoms with Crippen molar-refractivity contribution in [3.63, 3.8) is 0 Å². The van der Waals surface area contributed by atoms with Crippen molar-refractivity contribution in [2.45, 2.75) is 16.2 Å². The first kappa shape index (κ1) is 22.4. The van der Waals surface area contributed by atoms with Gasteiger partial charge in [-0.3, -0.25) is 0 Å². The number of anilines is 2. The van der Waals surface area contributed by atoms with Gasteiger partial charge >= 0.3 is 0 Å². The third-order valence-electron chi connectivity index (χ3n) is 5.98. The lowest BCUT2D eigenvalue weighted by Gasteiger charge is -2.40. The highest BCUT2D eigenvalue weighted by atomic mass is 35.5. The highest BCUT2D eigenvalue weighted by Crippen LogP contribution is 2.51. The summed E-state index contributed by atoms with van der Waals surface area (Å²) in [7, 11) is 0. The van der Waals surface area contributed by atoms with Gasteiger partial charge in [0.1, 0.15) is 0 Å². The SMILES string of the molecule is Nc1ccc(C2(Cl)C=CC(Cl)=CC2CC2C=C(Cl)C=CC2(Cl)c2ccc(N)cc2)cc1. The van der Waals surface area contributed by atoms with Crippen LogP contribution in [-0.2, 0) is 9.75 Å². The minimum absolute atomic E-state index is 0.126. The Bertz CT molecular complexity index is 998. The van der Waals surface area contributed by atoms with Crippen LogP contribution in [0.15, 0.2) is 95.1 Å². The number of hydrogen-bond acceptors (Lipinski definition) is 2. The van der Waals surface area contributed by atoms with Crippen LogP contribution in [-0.4, -0.2) is 0 Å². The molecule has 4 unspecified atom stereocenters. The van der Waals surface area contributed by atoms with Gasteiger partial charge in [-0.25, -0.2) is 0 Å². The number of alkyl halides is 2. The number of nitrogen functional groups attached to an aromatic ring is 2. The Kier molecular flexibility index (Phi) is 6.20. The number of benzene rings is 2. The molecular weight excluding hydrogens is 470 g/mol. The van der Waals surface area contributed by atoms with Gasteiger partial charge in [-0.1, -0.05) is 71.8 Å². The maximum absolute atomic E-state index is 7.24. The fraction of sp³-hybridized carbons (Fsp3) is 0.200. The van der Waals surface area contributed by atoms with Gasteiger partial charge in [0.15, 0.2) is 0 Å². The van der Waals surface area contributed by atoms with Crippen LogP contribution in [0, 0.1) is 11.8 Å². The van der Waals surface area contributed by atoms with Gasteiger partial charge in [-0.15, -0.1) is 23.2 Å². The highest BCUT2D eigenvalue weighted by molar-refractivity contribution is 6.33. The van der Waals surface area contributed by atoms with Gasteiger partial charge < -0.3 is 11.5 Å². The fourth-order valence-electron chi connectivity index (χ4n) is 4.24. The minimum Gasteiger partial charge on any atom is -0.399 e. The summed E-state index contributed by atoms with van der Waals surface area (Å²) in [4.78, 5) is -1.57. The Hall–Kier alpha value is -1.84. The smallest absolute Gasteiger partial charge is 0.0941 e. The molecule has 0 amide bonds. The lowest BCUT2D eigenvalue weighted by molar-refractivity contribution is 0.376. The van der Waals surface area contributed by atoms with E-state index in [9.17, 15) is 0 Å². The van der Waals surface area contributed by atoms with Crippen LogP contribution in [0.5, 0.6) is 0 Å². The van der Waals surface area contributed by atoms with E-state index in [2.05, 4.69) is 0 Å². The first-order valence-corrected chi connectivity index (χ1v) is 11.4. The Morgan fingerprint density at radius 2 is 1.00 bits per heavy atom. The second-order valence-corrected chi connectivity index (χ2v) is 10.1. The molecule has 0 aliphatic heterocycles. The molecule has 0 bridgehead atoms. The standard InChI is InChI=1S/C25H22Cl4N2/c26-20-9-11-24(28,16-1-5-22(30)6-2-16)18(14-20)13-19-15-21(27)10-12-25(19,29)17-3-7-23(31)8-4-17/h1-12,14-15,18-19H,13,30-31H2. The summed E-state index contributed by atoms with van der Waals surface area (Å²) in [5.74, 6) is -0.251. The van der Waals surface area contributed by atoms with Crippen molar-refractivity contribution in [2.75, 3.05) is 11.5 Å². The number of nitrogens with two attached hydrogens (primary N) is 2. The third kappa shape index (κ3) is 4.40. The van der Waals surface area contributed by atoms with E-state index >= 15 is 0 Å². The second kappa shape index (κ2) is 8.60. The van der Waals surface area contributed by atoms with Crippen LogP contribution in [0.3, 0.4) is 0 Å². The molecule has 0 fully saturated rings. The van der Waals surface area contributed by atoms with Gasteiger partial charge in [0, 0.05) is 33.3 Å². The van der Waals surface area contributed by atoms with Gasteiger partial charge in [0.2, 0.25) is 0 Å². The molecule has 0 saturated heterocycles. The van der Waals surface area contributed by atoms with Crippen LogP contribution in [0.1, 0.15) is 17.5 Å². The molecule has 0 spiro atoms. The Morgan fingerprint density at radius 1 is 0.645 bits per heavy atom. The minimum atomic E-state index is -0.785. The number of hydrogen-bond donors (Lipinski definition) is 2. The number of allylic oxidation sites excluding steroid dienone is 8. The van der Waals surface area contributed by atoms with Crippen LogP contribution in [0.2, 0.25) is 0 Å². The Labute approximate surface area is 202 Å². The Balaban J connectivity index is 1.73. The summed E-state index contributed by atoms with van der Waals surface area (Å²) in [6, 6.07) is 15.2. The molecule has 0 saturated carbocycles. The van der Waals surface area contributed by atoms with E-state index < -0.39 is 9.75 Å². The number of halogens is 4. The molecule has 2 aromatic carbocycles. The average Bonchev–Trinajstić information content (AvgIpc) is 2.74. The highest BCUT2D eigenvalue weighted by Gasteiger charge is 2.44. The molecule has 2 aromatic rings. The van der Waals surface area contributed by atoms with Gasteiger partial charge in [-0.05, 0) is 54.0 Å². The largest absolute Gasteiger partial charge is 0.399 e. The summed E-state index contributed by atoms with van der Waals surface area (Å²) >= 11 is 27.3. The zero-order valence-electron chi connectivity index (χ0n) is 16.6. The zero-order chi connectivity index (χ0) is 22.2. The molecule has 4 N–H and O–H groups in total. The molecule has 2 aliphatic rings. The average molecular weight is 492 g/mol. The second-order valence-electron chi connectivity index (χ2n) is 8.00. The summed E-state index contributed by atoms with van der Waals surface area (Å²) < 4.78 is 0. The third-order valence-corrected chi connectivity index (χ3v) is 7.74. The first-order valence-electron chi connectivity index (χ1n) is 9.94. The topological polar surface area (TPSA) is 52.0 Å². The summed E-state index contributed by atoms with van der Waals surface area (Å²) in [5.41, 5.74) is 15.0. The van der Waals surface area contributed by atoms with Crippen LogP contribution < -0.4 is 11.5 Å². The molecule has 160 valence electrons. The number of rotatable bonds is 4. The normalized spacial score (nSPS) is 30.1. The molecule has 2 nitrogen and oxygen atoms in total. The van der Waals surface area contributed by atoms with E-state index in [4.69, 9.17) is 57.9 Å². The summed E-state index contributed by atoms with van der Waals surface area (Å²) in [5, 5.41) is 1.29. The van der Waals surface area contributed by atoms with E-state index in [1.165, 1.54) is 0 Å². The fourth-order valence-corrected chi connectivity index (χ4v) is 5.35. The molecule has 0 heterocycles. The van der Waals surface area contributed by atoms with Crippen molar-refractivity contribution in [3.05, 3.63) is 106 Å². The van der Waals surface area contributed by atoms with Crippen molar-refractivity contribution in [3.8, 4) is 0 Å². The first-order chi connectivity index (χ1) is 14.7. The maximum atomic E-state index is 7.24. The molecule has 6 heteroatoms. The van der Waals surface area contributed by atoms with E-state index in [0.717, 1.165) is 11.1 Å². The molecule has 0 radical (unpaired) electrons. The molecule has 31 heavy (non-hydrogen) atoms. The van der Waals surface area contributed by atoms with E-state index in [-0.39, 0.29) is 11.8 Å². The van der Waals surface area contributed by atoms with Crippen molar-refractivity contribution >= 4 is 57.8 Å². The van der Waals surface area contributed by atoms with Crippen molar-refractivity contribution in [2.24, 2.45) is 11.8 Å². The molecule has 4 rings (SSSR count). The van der Waals surface area contributed by atoms with Crippen molar-refractivity contribution < 1.29 is 0 Å². The van der Waals surface area contributed by atoms with Crippen LogP contribution in [0.4, 0.5) is 11.4 Å². The summed E-state index contributed by atoms with van der Waals surface area (Å²) in [6.45, 7) is 0. The van der Waals surface area contributed by atoms with E-state index in [1.54, 1.807) is 0 Å². The molecular formula is C25H22Cl4N2. The van der Waals surface area contributed by atoms with Gasteiger partial charge in [-0.2, -0.15) is 0 Å². The van der Waals surface area contributed by atoms with E-state index in [0.29, 0.717) is 27.9 Å². The quantitative estimate of drug-likeness (QED) is 0.345. The van der Waals surface area contributed by atoms with Gasteiger partial charge in [0.05, 0.1) is 9.75 Å². The lowest BCUT2D eigenvalue weighted by atomic mass is 9.71. The molecule has 0 aromatic heterocycles. The molecule has 4 atom stereocenters. The predicted molar refractivity (Wildman–Crippen MR) is 135 cm³/mol. The van der Waals surface area contributed by atoms with Crippen molar-refractivity contribution in [1.29, 1.82) is 0 Å². The lowest BCUT2D eigenvalue weighted by Crippen LogP contribution is -2.35. The van der Waals surface area contributed by atoms with E-state index in [1.807, 2.05) is 85.0 Å². The van der Waals surface area contributed by atoms with Crippen LogP contribution >= 0.6 is 46.4 Å². The predicted octanol–water partition coefficient (Wildman–Crippen LogP) is 7.43. The van der Waals surface area contributed by atoms with Crippen LogP contribution in [0.25, 0.3) is 0 Å². The van der Waals surface area contributed by atoms with Crippen molar-refractivity contribution in [1.82, 2.24) is 0 Å². The van der Waals surface area contributed by atoms with Gasteiger partial charge in [0.25, 0.3) is 0 Å². The molecule has 2 aliphatic carbocycles. The maximum Gasteiger partial charge on any atom is 0.0941 e. The Morgan fingerprint density at radius 3 is 1.35 bits per heavy atom. The summed E-state index contributed by atoms with van der Waals surface area (Å²) in [6.07, 6.45) is 12.2. The zero-order valence-corrected chi connectivity index (χ0v) is 19.6.